The molecule has 0 bridgehead atoms. The molecular weight excluding hydrogens is 154 g/mol. The summed E-state index contributed by atoms with van der Waals surface area (Å²) in [5, 5.41) is 0. The van der Waals surface area contributed by atoms with E-state index in [0.717, 1.165) is 0 Å². The normalized spacial score (nSPS) is 27.8. The van der Waals surface area contributed by atoms with Gasteiger partial charge in [0, 0.05) is 6.61 Å². The number of hydrogen-bond acceptors (Lipinski definition) is 3. The Kier molecular flexibility index (Phi) is 2.85. The molecule has 0 spiro atoms. The fraction of sp³-hybridized carbons (Fsp3) is 0.667. The Hall–Kier alpha value is -0.850. The maximum atomic E-state index is 11.4. The molecule has 3 nitrogen and oxygen atoms in total. The molecule has 1 fully saturated rings. The van der Waals surface area contributed by atoms with Gasteiger partial charge in [0.15, 0.2) is 5.78 Å². The Labute approximate surface area is 72.3 Å². The van der Waals surface area contributed by atoms with Crippen molar-refractivity contribution in [3.8, 4) is 11.8 Å². The number of carbonyl (C=O) groups is 1. The molecule has 1 rings (SSSR count). The van der Waals surface area contributed by atoms with Gasteiger partial charge in [-0.1, -0.05) is 5.92 Å². The summed E-state index contributed by atoms with van der Waals surface area (Å²) in [7, 11) is 0. The van der Waals surface area contributed by atoms with Gasteiger partial charge in [-0.25, -0.2) is 0 Å². The number of rotatable bonds is 2. The van der Waals surface area contributed by atoms with Crippen LogP contribution in [0.3, 0.4) is 0 Å². The zero-order valence-corrected chi connectivity index (χ0v) is 7.22. The van der Waals surface area contributed by atoms with E-state index >= 15 is 0 Å². The highest BCUT2D eigenvalue weighted by atomic mass is 16.5. The van der Waals surface area contributed by atoms with Crippen LogP contribution in [0.15, 0.2) is 0 Å². The summed E-state index contributed by atoms with van der Waals surface area (Å²) in [5.41, 5.74) is 5.04. The van der Waals surface area contributed by atoms with Gasteiger partial charge in [0.05, 0.1) is 13.0 Å². The summed E-state index contributed by atoms with van der Waals surface area (Å²) in [6.07, 6.45) is 0.869. The van der Waals surface area contributed by atoms with E-state index in [1.54, 1.807) is 6.92 Å². The van der Waals surface area contributed by atoms with Crippen molar-refractivity contribution in [2.75, 3.05) is 13.2 Å². The molecule has 1 aliphatic rings. The van der Waals surface area contributed by atoms with Crippen molar-refractivity contribution in [1.82, 2.24) is 0 Å². The van der Waals surface area contributed by atoms with Crippen molar-refractivity contribution in [3.05, 3.63) is 0 Å². The maximum Gasteiger partial charge on any atom is 0.166 e. The number of ketones is 1. The molecular formula is C9H13NO2. The highest BCUT2D eigenvalue weighted by Gasteiger charge is 2.36. The molecule has 0 amide bonds. The minimum atomic E-state index is -0.760. The van der Waals surface area contributed by atoms with Gasteiger partial charge in [0.1, 0.15) is 5.54 Å². The van der Waals surface area contributed by atoms with Crippen LogP contribution < -0.4 is 5.73 Å². The molecule has 0 radical (unpaired) electrons. The minimum Gasteiger partial charge on any atom is -0.379 e. The van der Waals surface area contributed by atoms with Crippen molar-refractivity contribution >= 4 is 5.78 Å². The largest absolute Gasteiger partial charge is 0.379 e. The second kappa shape index (κ2) is 3.70. The van der Waals surface area contributed by atoms with Crippen LogP contribution in [0, 0.1) is 11.8 Å². The highest BCUT2D eigenvalue weighted by Crippen LogP contribution is 2.17. The van der Waals surface area contributed by atoms with Crippen LogP contribution in [-0.2, 0) is 9.53 Å². The molecule has 0 aromatic rings. The van der Waals surface area contributed by atoms with E-state index in [0.29, 0.717) is 19.6 Å². The van der Waals surface area contributed by atoms with Crippen molar-refractivity contribution < 1.29 is 9.53 Å². The summed E-state index contributed by atoms with van der Waals surface area (Å²) < 4.78 is 5.07. The van der Waals surface area contributed by atoms with E-state index in [2.05, 4.69) is 11.8 Å². The zero-order chi connectivity index (χ0) is 9.03. The molecule has 1 atom stereocenters. The van der Waals surface area contributed by atoms with Gasteiger partial charge in [0.25, 0.3) is 0 Å². The summed E-state index contributed by atoms with van der Waals surface area (Å²) >= 11 is 0. The smallest absolute Gasteiger partial charge is 0.166 e. The van der Waals surface area contributed by atoms with Gasteiger partial charge in [-0.2, -0.15) is 0 Å². The van der Waals surface area contributed by atoms with Crippen LogP contribution >= 0.6 is 0 Å². The standard InChI is InChI=1S/C9H13NO2/c1-2-3-4-8(11)9(10)5-6-12-7-9/h4-7,10H2,1H3. The molecule has 0 aromatic carbocycles. The first-order valence-electron chi connectivity index (χ1n) is 3.98. The lowest BCUT2D eigenvalue weighted by atomic mass is 9.93. The topological polar surface area (TPSA) is 52.3 Å². The van der Waals surface area contributed by atoms with Crippen LogP contribution in [0.5, 0.6) is 0 Å². The fourth-order valence-electron chi connectivity index (χ4n) is 1.15. The van der Waals surface area contributed by atoms with Crippen molar-refractivity contribution in [2.24, 2.45) is 5.73 Å². The average Bonchev–Trinajstić information content (AvgIpc) is 2.49. The molecule has 0 saturated carbocycles. The molecule has 0 aliphatic carbocycles. The third-order valence-corrected chi connectivity index (χ3v) is 2.03. The van der Waals surface area contributed by atoms with E-state index in [4.69, 9.17) is 10.5 Å². The first-order valence-corrected chi connectivity index (χ1v) is 3.98. The second-order valence-electron chi connectivity index (χ2n) is 2.99. The Morgan fingerprint density at radius 3 is 3.00 bits per heavy atom. The number of ether oxygens (including phenoxy) is 1. The molecule has 12 heavy (non-hydrogen) atoms. The summed E-state index contributed by atoms with van der Waals surface area (Å²) in [6, 6.07) is 0. The zero-order valence-electron chi connectivity index (χ0n) is 7.22. The monoisotopic (exact) mass is 167 g/mol. The Bertz CT molecular complexity index is 231. The van der Waals surface area contributed by atoms with E-state index in [-0.39, 0.29) is 12.2 Å². The van der Waals surface area contributed by atoms with Gasteiger partial charge in [-0.15, -0.1) is 5.92 Å². The first-order chi connectivity index (χ1) is 5.69. The number of hydrogen-bond donors (Lipinski definition) is 1. The van der Waals surface area contributed by atoms with Crippen LogP contribution in [-0.4, -0.2) is 24.5 Å². The molecule has 1 unspecified atom stereocenters. The third-order valence-electron chi connectivity index (χ3n) is 2.03. The summed E-state index contributed by atoms with van der Waals surface area (Å²) in [4.78, 5) is 11.4. The van der Waals surface area contributed by atoms with E-state index in [1.807, 2.05) is 0 Å². The fourth-order valence-corrected chi connectivity index (χ4v) is 1.15. The lowest BCUT2D eigenvalue weighted by molar-refractivity contribution is -0.123. The number of Topliss-reactive ketones (excluding diaryl/α,β-unsaturated/α-hetero) is 1. The predicted molar refractivity (Wildman–Crippen MR) is 45.4 cm³/mol. The molecule has 1 saturated heterocycles. The quantitative estimate of drug-likeness (QED) is 0.593. The minimum absolute atomic E-state index is 0.00523. The Balaban J connectivity index is 2.53. The van der Waals surface area contributed by atoms with Crippen LogP contribution in [0.4, 0.5) is 0 Å². The Morgan fingerprint density at radius 1 is 1.75 bits per heavy atom. The number of carbonyl (C=O) groups excluding carboxylic acids is 1. The maximum absolute atomic E-state index is 11.4. The van der Waals surface area contributed by atoms with E-state index in [9.17, 15) is 4.79 Å². The molecule has 1 heterocycles. The van der Waals surface area contributed by atoms with Gasteiger partial charge in [0.2, 0.25) is 0 Å². The number of nitrogens with two attached hydrogens (primary N) is 1. The average molecular weight is 167 g/mol. The molecule has 2 N–H and O–H groups in total. The SMILES string of the molecule is CC#CCC(=O)C1(N)CCOC1. The van der Waals surface area contributed by atoms with Crippen molar-refractivity contribution in [3.63, 3.8) is 0 Å². The van der Waals surface area contributed by atoms with Crippen molar-refractivity contribution in [1.29, 1.82) is 0 Å². The second-order valence-corrected chi connectivity index (χ2v) is 2.99. The molecule has 1 aliphatic heterocycles. The van der Waals surface area contributed by atoms with Gasteiger partial charge < -0.3 is 10.5 Å². The van der Waals surface area contributed by atoms with Gasteiger partial charge in [-0.05, 0) is 13.3 Å². The van der Waals surface area contributed by atoms with E-state index < -0.39 is 5.54 Å². The van der Waals surface area contributed by atoms with Crippen LogP contribution in [0.25, 0.3) is 0 Å². The Morgan fingerprint density at radius 2 is 2.50 bits per heavy atom. The molecule has 3 heteroatoms. The summed E-state index contributed by atoms with van der Waals surface area (Å²) in [5.74, 6) is 5.38. The molecule has 0 aromatic heterocycles. The van der Waals surface area contributed by atoms with E-state index in [1.165, 1.54) is 0 Å². The predicted octanol–water partition coefficient (Wildman–Crippen LogP) is 0.0867. The molecule has 66 valence electrons. The summed E-state index contributed by atoms with van der Waals surface area (Å²) in [6.45, 7) is 2.64. The van der Waals surface area contributed by atoms with Gasteiger partial charge in [-0.3, -0.25) is 4.79 Å². The lowest BCUT2D eigenvalue weighted by Crippen LogP contribution is -2.48. The lowest BCUT2D eigenvalue weighted by Gasteiger charge is -2.17. The highest BCUT2D eigenvalue weighted by molar-refractivity contribution is 5.90. The first kappa shape index (κ1) is 9.24. The van der Waals surface area contributed by atoms with Crippen molar-refractivity contribution in [2.45, 2.75) is 25.3 Å². The van der Waals surface area contributed by atoms with Crippen LogP contribution in [0.1, 0.15) is 19.8 Å². The van der Waals surface area contributed by atoms with Gasteiger partial charge >= 0.3 is 0 Å². The third kappa shape index (κ3) is 1.84. The van der Waals surface area contributed by atoms with Crippen LogP contribution in [0.2, 0.25) is 0 Å².